The SMILES string of the molecule is CC[C@H](NC(=O)CN(c1ccccc1)S(=O)(=O)N(C)C)c1ccc(C)cc1C. The molecule has 7 heteroatoms. The third kappa shape index (κ3) is 5.11. The van der Waals surface area contributed by atoms with Gasteiger partial charge in [-0.15, -0.1) is 0 Å². The first-order valence-electron chi connectivity index (χ1n) is 9.28. The van der Waals surface area contributed by atoms with Gasteiger partial charge in [0.25, 0.3) is 0 Å². The molecule has 0 unspecified atom stereocenters. The van der Waals surface area contributed by atoms with Crippen LogP contribution in [0.3, 0.4) is 0 Å². The molecule has 6 nitrogen and oxygen atoms in total. The maximum atomic E-state index is 12.8. The summed E-state index contributed by atoms with van der Waals surface area (Å²) in [7, 11) is -0.898. The van der Waals surface area contributed by atoms with Crippen molar-refractivity contribution < 1.29 is 13.2 Å². The fourth-order valence-corrected chi connectivity index (χ4v) is 4.15. The second-order valence-electron chi connectivity index (χ2n) is 7.02. The molecule has 0 aliphatic heterocycles. The molecule has 152 valence electrons. The maximum Gasteiger partial charge on any atom is 0.304 e. The zero-order valence-corrected chi connectivity index (χ0v) is 18.0. The second kappa shape index (κ2) is 9.21. The Bertz CT molecular complexity index is 912. The van der Waals surface area contributed by atoms with E-state index >= 15 is 0 Å². The van der Waals surface area contributed by atoms with Gasteiger partial charge in [0.2, 0.25) is 5.91 Å². The molecule has 0 bridgehead atoms. The largest absolute Gasteiger partial charge is 0.348 e. The van der Waals surface area contributed by atoms with Crippen LogP contribution in [0.4, 0.5) is 5.69 Å². The number of para-hydroxylation sites is 1. The van der Waals surface area contributed by atoms with E-state index in [0.717, 1.165) is 25.3 Å². The molecule has 0 spiro atoms. The average molecular weight is 404 g/mol. The van der Waals surface area contributed by atoms with Gasteiger partial charge in [0.15, 0.2) is 0 Å². The Kier molecular flexibility index (Phi) is 7.21. The van der Waals surface area contributed by atoms with E-state index in [1.54, 1.807) is 30.3 Å². The summed E-state index contributed by atoms with van der Waals surface area (Å²) in [4.78, 5) is 12.8. The van der Waals surface area contributed by atoms with Gasteiger partial charge in [-0.2, -0.15) is 12.7 Å². The summed E-state index contributed by atoms with van der Waals surface area (Å²) in [5.74, 6) is -0.346. The highest BCUT2D eigenvalue weighted by Crippen LogP contribution is 2.23. The summed E-state index contributed by atoms with van der Waals surface area (Å²) < 4.78 is 27.7. The van der Waals surface area contributed by atoms with Crippen LogP contribution in [0.2, 0.25) is 0 Å². The van der Waals surface area contributed by atoms with E-state index in [2.05, 4.69) is 11.4 Å². The zero-order valence-electron chi connectivity index (χ0n) is 17.1. The summed E-state index contributed by atoms with van der Waals surface area (Å²) in [5, 5.41) is 2.99. The van der Waals surface area contributed by atoms with Crippen molar-refractivity contribution in [3.8, 4) is 0 Å². The molecule has 0 aliphatic carbocycles. The smallest absolute Gasteiger partial charge is 0.304 e. The highest BCUT2D eigenvalue weighted by Gasteiger charge is 2.28. The molecule has 28 heavy (non-hydrogen) atoms. The molecule has 1 amide bonds. The first-order chi connectivity index (χ1) is 13.2. The fourth-order valence-electron chi connectivity index (χ4n) is 3.08. The molecular formula is C21H29N3O3S. The standard InChI is InChI=1S/C21H29N3O3S/c1-6-20(19-13-12-16(2)14-17(19)3)22-21(25)15-24(28(26,27)23(4)5)18-10-8-7-9-11-18/h7-14,20H,6,15H2,1-5H3,(H,22,25)/t20-/m0/s1. The van der Waals surface area contributed by atoms with Crippen LogP contribution >= 0.6 is 0 Å². The molecule has 2 aromatic carbocycles. The molecule has 0 fully saturated rings. The normalized spacial score (nSPS) is 12.6. The number of nitrogens with zero attached hydrogens (tertiary/aromatic N) is 2. The highest BCUT2D eigenvalue weighted by molar-refractivity contribution is 7.90. The van der Waals surface area contributed by atoms with Crippen molar-refractivity contribution in [1.29, 1.82) is 0 Å². The number of anilines is 1. The number of amides is 1. The van der Waals surface area contributed by atoms with Crippen molar-refractivity contribution >= 4 is 21.8 Å². The Morgan fingerprint density at radius 1 is 1.07 bits per heavy atom. The molecule has 0 heterocycles. The van der Waals surface area contributed by atoms with E-state index in [0.29, 0.717) is 12.1 Å². The van der Waals surface area contributed by atoms with Gasteiger partial charge in [-0.3, -0.25) is 4.79 Å². The molecular weight excluding hydrogens is 374 g/mol. The van der Waals surface area contributed by atoms with Crippen LogP contribution in [0.5, 0.6) is 0 Å². The van der Waals surface area contributed by atoms with Gasteiger partial charge in [0.1, 0.15) is 6.54 Å². The second-order valence-corrected chi connectivity index (χ2v) is 9.09. The number of benzene rings is 2. The van der Waals surface area contributed by atoms with E-state index in [1.807, 2.05) is 32.9 Å². The van der Waals surface area contributed by atoms with E-state index < -0.39 is 10.2 Å². The Labute approximate surface area is 168 Å². The van der Waals surface area contributed by atoms with E-state index in [4.69, 9.17) is 0 Å². The van der Waals surface area contributed by atoms with Crippen LogP contribution in [-0.2, 0) is 15.0 Å². The van der Waals surface area contributed by atoms with Crippen molar-refractivity contribution in [2.24, 2.45) is 0 Å². The number of carbonyl (C=O) groups excluding carboxylic acids is 1. The van der Waals surface area contributed by atoms with Crippen molar-refractivity contribution in [2.45, 2.75) is 33.2 Å². The van der Waals surface area contributed by atoms with Gasteiger partial charge in [-0.1, -0.05) is 48.9 Å². The van der Waals surface area contributed by atoms with E-state index in [1.165, 1.54) is 14.1 Å². The number of aryl methyl sites for hydroxylation is 2. The summed E-state index contributed by atoms with van der Waals surface area (Å²) in [6.07, 6.45) is 0.710. The Morgan fingerprint density at radius 2 is 1.71 bits per heavy atom. The monoisotopic (exact) mass is 403 g/mol. The van der Waals surface area contributed by atoms with Crippen LogP contribution in [-0.4, -0.2) is 39.3 Å². The van der Waals surface area contributed by atoms with Crippen molar-refractivity contribution in [3.63, 3.8) is 0 Å². The quantitative estimate of drug-likeness (QED) is 0.736. The van der Waals surface area contributed by atoms with Gasteiger partial charge >= 0.3 is 10.2 Å². The summed E-state index contributed by atoms with van der Waals surface area (Å²) in [6, 6.07) is 14.6. The highest BCUT2D eigenvalue weighted by atomic mass is 32.2. The van der Waals surface area contributed by atoms with Crippen molar-refractivity contribution in [2.75, 3.05) is 24.9 Å². The molecule has 1 atom stereocenters. The first-order valence-corrected chi connectivity index (χ1v) is 10.7. The molecule has 1 N–H and O–H groups in total. The molecule has 0 saturated heterocycles. The Morgan fingerprint density at radius 3 is 2.25 bits per heavy atom. The summed E-state index contributed by atoms with van der Waals surface area (Å²) in [5.41, 5.74) is 3.76. The number of rotatable bonds is 8. The number of hydrogen-bond donors (Lipinski definition) is 1. The fraction of sp³-hybridized carbons (Fsp3) is 0.381. The first kappa shape index (κ1) is 21.9. The summed E-state index contributed by atoms with van der Waals surface area (Å²) in [6.45, 7) is 5.76. The minimum Gasteiger partial charge on any atom is -0.348 e. The van der Waals surface area contributed by atoms with Gasteiger partial charge in [-0.25, -0.2) is 4.31 Å². The minimum absolute atomic E-state index is 0.173. The van der Waals surface area contributed by atoms with Crippen molar-refractivity contribution in [3.05, 3.63) is 65.2 Å². The average Bonchev–Trinajstić information content (AvgIpc) is 2.65. The van der Waals surface area contributed by atoms with Crippen molar-refractivity contribution in [1.82, 2.24) is 9.62 Å². The van der Waals surface area contributed by atoms with Crippen LogP contribution in [0, 0.1) is 13.8 Å². The lowest BCUT2D eigenvalue weighted by atomic mass is 9.97. The number of carbonyl (C=O) groups is 1. The molecule has 0 aromatic heterocycles. The molecule has 2 aromatic rings. The number of hydrogen-bond acceptors (Lipinski definition) is 3. The predicted octanol–water partition coefficient (Wildman–Crippen LogP) is 3.18. The van der Waals surface area contributed by atoms with Gasteiger partial charge < -0.3 is 5.32 Å². The molecule has 0 aliphatic rings. The third-order valence-corrected chi connectivity index (χ3v) is 6.44. The van der Waals surface area contributed by atoms with Gasteiger partial charge in [-0.05, 0) is 43.5 Å². The third-order valence-electron chi connectivity index (χ3n) is 4.62. The lowest BCUT2D eigenvalue weighted by Crippen LogP contribution is -2.46. The predicted molar refractivity (Wildman–Crippen MR) is 113 cm³/mol. The maximum absolute atomic E-state index is 12.8. The van der Waals surface area contributed by atoms with Crippen LogP contribution < -0.4 is 9.62 Å². The van der Waals surface area contributed by atoms with E-state index in [9.17, 15) is 13.2 Å². The van der Waals surface area contributed by atoms with Crippen LogP contribution in [0.15, 0.2) is 48.5 Å². The Balaban J connectivity index is 2.25. The summed E-state index contributed by atoms with van der Waals surface area (Å²) >= 11 is 0. The Hall–Kier alpha value is -2.38. The lowest BCUT2D eigenvalue weighted by molar-refractivity contribution is -0.120. The minimum atomic E-state index is -3.80. The molecule has 0 saturated carbocycles. The topological polar surface area (TPSA) is 69.7 Å². The van der Waals surface area contributed by atoms with Gasteiger partial charge in [0, 0.05) is 14.1 Å². The van der Waals surface area contributed by atoms with Gasteiger partial charge in [0.05, 0.1) is 11.7 Å². The molecule has 2 rings (SSSR count). The van der Waals surface area contributed by atoms with Crippen LogP contribution in [0.25, 0.3) is 0 Å². The number of nitrogens with one attached hydrogen (secondary N) is 1. The van der Waals surface area contributed by atoms with E-state index in [-0.39, 0.29) is 18.5 Å². The molecule has 0 radical (unpaired) electrons. The lowest BCUT2D eigenvalue weighted by Gasteiger charge is -2.28. The zero-order chi connectivity index (χ0) is 20.9. The van der Waals surface area contributed by atoms with Crippen LogP contribution in [0.1, 0.15) is 36.1 Å².